The van der Waals surface area contributed by atoms with Crippen LogP contribution in [0.15, 0.2) is 65.6 Å². The quantitative estimate of drug-likeness (QED) is 0.585. The highest BCUT2D eigenvalue weighted by Gasteiger charge is 2.19. The van der Waals surface area contributed by atoms with Crippen LogP contribution < -0.4 is 5.56 Å². The van der Waals surface area contributed by atoms with E-state index in [4.69, 9.17) is 0 Å². The molecule has 0 fully saturated rings. The molecule has 27 heavy (non-hydrogen) atoms. The molecule has 0 saturated carbocycles. The fraction of sp³-hybridized carbons (Fsp3) is 0.100. The predicted octanol–water partition coefficient (Wildman–Crippen LogP) is 2.59. The van der Waals surface area contributed by atoms with Gasteiger partial charge in [0.15, 0.2) is 0 Å². The molecule has 7 heteroatoms. The van der Waals surface area contributed by atoms with E-state index in [0.717, 1.165) is 5.56 Å². The molecule has 0 bridgehead atoms. The van der Waals surface area contributed by atoms with E-state index in [-0.39, 0.29) is 18.0 Å². The summed E-state index contributed by atoms with van der Waals surface area (Å²) in [5, 5.41) is 7.43. The second-order valence-electron chi connectivity index (χ2n) is 6.22. The second kappa shape index (κ2) is 6.87. The van der Waals surface area contributed by atoms with Crippen molar-refractivity contribution in [1.29, 1.82) is 0 Å². The molecular formula is C20H17N5O2. The lowest BCUT2D eigenvalue weighted by Crippen LogP contribution is -2.28. The third-order valence-electron chi connectivity index (χ3n) is 4.33. The van der Waals surface area contributed by atoms with E-state index in [0.29, 0.717) is 28.0 Å². The minimum Gasteiger partial charge on any atom is -0.334 e. The number of para-hydroxylation sites is 1. The molecule has 0 unspecified atom stereocenters. The Bertz CT molecular complexity index is 1160. The summed E-state index contributed by atoms with van der Waals surface area (Å²) in [6.07, 6.45) is 1.51. The second-order valence-corrected chi connectivity index (χ2v) is 6.22. The predicted molar refractivity (Wildman–Crippen MR) is 102 cm³/mol. The molecule has 2 heterocycles. The summed E-state index contributed by atoms with van der Waals surface area (Å²) >= 11 is 0. The summed E-state index contributed by atoms with van der Waals surface area (Å²) in [6, 6.07) is 16.6. The van der Waals surface area contributed by atoms with Gasteiger partial charge in [0.25, 0.3) is 11.5 Å². The molecule has 1 amide bonds. The number of H-pyrrole nitrogens is 2. The zero-order valence-electron chi connectivity index (χ0n) is 14.6. The SMILES string of the molecule is CN(Cc1nc2ccccc2c(=O)[nH]1)C(=O)c1cn[nH]c1-c1ccccc1. The largest absolute Gasteiger partial charge is 0.334 e. The first-order valence-electron chi connectivity index (χ1n) is 8.45. The number of amides is 1. The standard InChI is InChI=1S/C20H17N5O2/c1-25(12-17-22-16-10-6-5-9-14(16)19(26)23-17)20(27)15-11-21-24-18(15)13-7-3-2-4-8-13/h2-11H,12H2,1H3,(H,21,24)(H,22,23,26). The highest BCUT2D eigenvalue weighted by atomic mass is 16.2. The van der Waals surface area contributed by atoms with Crippen LogP contribution in [0.4, 0.5) is 0 Å². The molecule has 0 saturated heterocycles. The molecule has 0 aliphatic rings. The molecular weight excluding hydrogens is 342 g/mol. The number of aromatic amines is 2. The van der Waals surface area contributed by atoms with Gasteiger partial charge in [0, 0.05) is 12.6 Å². The Balaban J connectivity index is 1.61. The molecule has 4 rings (SSSR count). The Morgan fingerprint density at radius 3 is 2.63 bits per heavy atom. The van der Waals surface area contributed by atoms with Crippen molar-refractivity contribution in [3.8, 4) is 11.3 Å². The van der Waals surface area contributed by atoms with Gasteiger partial charge in [0.05, 0.1) is 34.9 Å². The van der Waals surface area contributed by atoms with Crippen LogP contribution in [0.1, 0.15) is 16.2 Å². The maximum absolute atomic E-state index is 12.9. The van der Waals surface area contributed by atoms with Crippen molar-refractivity contribution in [2.24, 2.45) is 0 Å². The zero-order valence-corrected chi connectivity index (χ0v) is 14.6. The van der Waals surface area contributed by atoms with E-state index in [1.54, 1.807) is 25.2 Å². The first-order chi connectivity index (χ1) is 13.1. The van der Waals surface area contributed by atoms with Crippen LogP contribution in [0.5, 0.6) is 0 Å². The zero-order chi connectivity index (χ0) is 18.8. The summed E-state index contributed by atoms with van der Waals surface area (Å²) in [6.45, 7) is 0.179. The maximum Gasteiger partial charge on any atom is 0.258 e. The van der Waals surface area contributed by atoms with Crippen LogP contribution in [0, 0.1) is 0 Å². The summed E-state index contributed by atoms with van der Waals surface area (Å²) in [7, 11) is 1.67. The Morgan fingerprint density at radius 2 is 1.81 bits per heavy atom. The van der Waals surface area contributed by atoms with Gasteiger partial charge in [-0.05, 0) is 12.1 Å². The minimum atomic E-state index is -0.218. The molecule has 2 N–H and O–H groups in total. The lowest BCUT2D eigenvalue weighted by molar-refractivity contribution is 0.0782. The van der Waals surface area contributed by atoms with Crippen LogP contribution in [-0.2, 0) is 6.54 Å². The number of benzene rings is 2. The number of rotatable bonds is 4. The van der Waals surface area contributed by atoms with Gasteiger partial charge in [0.1, 0.15) is 5.82 Å². The normalized spacial score (nSPS) is 10.9. The van der Waals surface area contributed by atoms with Gasteiger partial charge in [-0.3, -0.25) is 14.7 Å². The van der Waals surface area contributed by atoms with Crippen molar-refractivity contribution in [1.82, 2.24) is 25.1 Å². The highest BCUT2D eigenvalue weighted by molar-refractivity contribution is 5.99. The monoisotopic (exact) mass is 359 g/mol. The van der Waals surface area contributed by atoms with E-state index in [9.17, 15) is 9.59 Å². The van der Waals surface area contributed by atoms with Crippen LogP contribution >= 0.6 is 0 Å². The lowest BCUT2D eigenvalue weighted by Gasteiger charge is -2.16. The molecule has 0 atom stereocenters. The molecule has 0 radical (unpaired) electrons. The van der Waals surface area contributed by atoms with E-state index in [1.165, 1.54) is 11.1 Å². The fourth-order valence-electron chi connectivity index (χ4n) is 2.99. The van der Waals surface area contributed by atoms with Gasteiger partial charge >= 0.3 is 0 Å². The van der Waals surface area contributed by atoms with E-state index >= 15 is 0 Å². The smallest absolute Gasteiger partial charge is 0.258 e. The molecule has 7 nitrogen and oxygen atoms in total. The summed E-state index contributed by atoms with van der Waals surface area (Å²) in [5.74, 6) is 0.220. The number of carbonyl (C=O) groups is 1. The number of aromatic nitrogens is 4. The van der Waals surface area contributed by atoms with Crippen LogP contribution in [0.25, 0.3) is 22.2 Å². The maximum atomic E-state index is 12.9. The minimum absolute atomic E-state index is 0.179. The lowest BCUT2D eigenvalue weighted by atomic mass is 10.1. The van der Waals surface area contributed by atoms with Crippen LogP contribution in [0.2, 0.25) is 0 Å². The first kappa shape index (κ1) is 16.7. The van der Waals surface area contributed by atoms with Crippen molar-refractivity contribution < 1.29 is 4.79 Å². The van der Waals surface area contributed by atoms with Crippen LogP contribution in [0.3, 0.4) is 0 Å². The van der Waals surface area contributed by atoms with Gasteiger partial charge in [-0.1, -0.05) is 42.5 Å². The number of nitrogens with zero attached hydrogens (tertiary/aromatic N) is 3. The van der Waals surface area contributed by atoms with Crippen molar-refractivity contribution in [2.75, 3.05) is 7.05 Å². The number of hydrogen-bond donors (Lipinski definition) is 2. The van der Waals surface area contributed by atoms with Crippen molar-refractivity contribution in [3.63, 3.8) is 0 Å². The summed E-state index contributed by atoms with van der Waals surface area (Å²) < 4.78 is 0. The van der Waals surface area contributed by atoms with Gasteiger partial charge in [0.2, 0.25) is 0 Å². The van der Waals surface area contributed by atoms with E-state index in [2.05, 4.69) is 20.2 Å². The Morgan fingerprint density at radius 1 is 1.07 bits per heavy atom. The number of carbonyl (C=O) groups excluding carboxylic acids is 1. The van der Waals surface area contributed by atoms with Crippen molar-refractivity contribution in [3.05, 3.63) is 82.5 Å². The third kappa shape index (κ3) is 3.22. The number of hydrogen-bond acceptors (Lipinski definition) is 4. The summed E-state index contributed by atoms with van der Waals surface area (Å²) in [5.41, 5.74) is 2.39. The molecule has 0 aliphatic heterocycles. The highest BCUT2D eigenvalue weighted by Crippen LogP contribution is 2.22. The number of fused-ring (bicyclic) bond motifs is 1. The molecule has 0 spiro atoms. The molecule has 4 aromatic rings. The summed E-state index contributed by atoms with van der Waals surface area (Å²) in [4.78, 5) is 33.8. The molecule has 0 aliphatic carbocycles. The van der Waals surface area contributed by atoms with Crippen molar-refractivity contribution in [2.45, 2.75) is 6.54 Å². The van der Waals surface area contributed by atoms with Crippen molar-refractivity contribution >= 4 is 16.8 Å². The molecule has 134 valence electrons. The Hall–Kier alpha value is -3.74. The molecule has 2 aromatic carbocycles. The van der Waals surface area contributed by atoms with Gasteiger partial charge in [-0.15, -0.1) is 0 Å². The van der Waals surface area contributed by atoms with E-state index < -0.39 is 0 Å². The first-order valence-corrected chi connectivity index (χ1v) is 8.45. The Kier molecular flexibility index (Phi) is 4.25. The van der Waals surface area contributed by atoms with E-state index in [1.807, 2.05) is 36.4 Å². The van der Waals surface area contributed by atoms with Gasteiger partial charge < -0.3 is 9.88 Å². The third-order valence-corrected chi connectivity index (χ3v) is 4.33. The average molecular weight is 359 g/mol. The Labute approximate surface area is 154 Å². The molecule has 2 aromatic heterocycles. The van der Waals surface area contributed by atoms with Crippen LogP contribution in [-0.4, -0.2) is 38.0 Å². The fourth-order valence-corrected chi connectivity index (χ4v) is 2.99. The average Bonchev–Trinajstić information content (AvgIpc) is 3.18. The topological polar surface area (TPSA) is 94.7 Å². The van der Waals surface area contributed by atoms with Gasteiger partial charge in [-0.25, -0.2) is 4.98 Å². The van der Waals surface area contributed by atoms with Gasteiger partial charge in [-0.2, -0.15) is 5.10 Å². The number of nitrogens with one attached hydrogen (secondary N) is 2.